The van der Waals surface area contributed by atoms with Gasteiger partial charge in [0.2, 0.25) is 0 Å². The molecule has 6 nitrogen and oxygen atoms in total. The van der Waals surface area contributed by atoms with Gasteiger partial charge in [-0.2, -0.15) is 0 Å². The Bertz CT molecular complexity index is 1560. The second-order valence-corrected chi connectivity index (χ2v) is 9.20. The summed E-state index contributed by atoms with van der Waals surface area (Å²) >= 11 is 6.42. The average molecular weight is 526 g/mol. The smallest absolute Gasteiger partial charge is 0.300 e. The van der Waals surface area contributed by atoms with E-state index in [-0.39, 0.29) is 21.9 Å². The van der Waals surface area contributed by atoms with Crippen molar-refractivity contribution < 1.29 is 24.2 Å². The summed E-state index contributed by atoms with van der Waals surface area (Å²) in [5.74, 6) is -0.353. The Labute approximate surface area is 225 Å². The van der Waals surface area contributed by atoms with E-state index in [9.17, 15) is 14.7 Å². The van der Waals surface area contributed by atoms with Crippen molar-refractivity contribution in [3.8, 4) is 17.2 Å². The molecule has 0 radical (unpaired) electrons. The maximum Gasteiger partial charge on any atom is 0.300 e. The quantitative estimate of drug-likeness (QED) is 0.165. The van der Waals surface area contributed by atoms with Gasteiger partial charge in [0.25, 0.3) is 11.7 Å². The third-order valence-electron chi connectivity index (χ3n) is 6.40. The minimum atomic E-state index is -0.933. The summed E-state index contributed by atoms with van der Waals surface area (Å²) in [5, 5.41) is 11.7. The van der Waals surface area contributed by atoms with Crippen molar-refractivity contribution in [3.05, 3.63) is 124 Å². The zero-order chi connectivity index (χ0) is 26.8. The lowest BCUT2D eigenvalue weighted by Gasteiger charge is -2.27. The number of carbonyl (C=O) groups excluding carboxylic acids is 2. The molecule has 1 aliphatic rings. The number of amides is 1. The fourth-order valence-electron chi connectivity index (χ4n) is 4.56. The highest BCUT2D eigenvalue weighted by molar-refractivity contribution is 6.52. The summed E-state index contributed by atoms with van der Waals surface area (Å²) in [4.78, 5) is 28.5. The van der Waals surface area contributed by atoms with Gasteiger partial charge in [-0.05, 0) is 66.6 Å². The van der Waals surface area contributed by atoms with Gasteiger partial charge < -0.3 is 14.6 Å². The van der Waals surface area contributed by atoms with Gasteiger partial charge in [-0.25, -0.2) is 0 Å². The number of halogens is 1. The summed E-state index contributed by atoms with van der Waals surface area (Å²) in [7, 11) is 1.49. The Morgan fingerprint density at radius 1 is 0.842 bits per heavy atom. The highest BCUT2D eigenvalue weighted by Gasteiger charge is 2.47. The van der Waals surface area contributed by atoms with E-state index in [1.807, 2.05) is 49.4 Å². The Kier molecular flexibility index (Phi) is 6.90. The highest BCUT2D eigenvalue weighted by Crippen LogP contribution is 2.44. The zero-order valence-electron chi connectivity index (χ0n) is 20.7. The van der Waals surface area contributed by atoms with E-state index in [0.29, 0.717) is 28.5 Å². The fraction of sp³-hybridized carbons (Fsp3) is 0.0968. The molecule has 0 spiro atoms. The number of aryl methyl sites for hydroxylation is 1. The van der Waals surface area contributed by atoms with Crippen LogP contribution in [0.2, 0.25) is 5.02 Å². The number of ketones is 1. The van der Waals surface area contributed by atoms with Crippen molar-refractivity contribution in [2.24, 2.45) is 0 Å². The number of nitrogens with zero attached hydrogens (tertiary/aromatic N) is 1. The lowest BCUT2D eigenvalue weighted by molar-refractivity contribution is -0.132. The van der Waals surface area contributed by atoms with Gasteiger partial charge >= 0.3 is 0 Å². The number of aliphatic hydroxyl groups is 1. The van der Waals surface area contributed by atoms with Crippen LogP contribution in [0.3, 0.4) is 0 Å². The summed E-state index contributed by atoms with van der Waals surface area (Å²) in [6.07, 6.45) is 0. The van der Waals surface area contributed by atoms with Crippen molar-refractivity contribution in [2.45, 2.75) is 13.0 Å². The molecule has 7 heteroatoms. The third-order valence-corrected chi connectivity index (χ3v) is 6.73. The second kappa shape index (κ2) is 10.4. The van der Waals surface area contributed by atoms with Gasteiger partial charge in [0.05, 0.1) is 23.7 Å². The summed E-state index contributed by atoms with van der Waals surface area (Å²) in [6, 6.07) is 27.5. The monoisotopic (exact) mass is 525 g/mol. The molecule has 4 aromatic carbocycles. The minimum Gasteiger partial charge on any atom is -0.507 e. The van der Waals surface area contributed by atoms with E-state index in [1.54, 1.807) is 48.5 Å². The Hall–Kier alpha value is -4.55. The number of hydrogen-bond donors (Lipinski definition) is 1. The number of ether oxygens (including phenoxy) is 2. The molecule has 1 atom stereocenters. The van der Waals surface area contributed by atoms with Gasteiger partial charge in [-0.1, -0.05) is 60.1 Å². The normalized spacial score (nSPS) is 16.5. The number of aliphatic hydroxyl groups excluding tert-OH is 1. The standard InChI is InChI=1S/C31H24ClNO5/c1-19-9-6-7-14-26(19)33-28(20-10-8-13-23(17-20)38-21-11-4-3-5-12-21)27(30(35)31(33)36)29(34)24-18-22(37-2)15-16-25(24)32/h3-18,28,34H,1-2H3/b29-27+. The lowest BCUT2D eigenvalue weighted by Crippen LogP contribution is -2.30. The molecule has 1 heterocycles. The van der Waals surface area contributed by atoms with Crippen molar-refractivity contribution in [1.29, 1.82) is 0 Å². The SMILES string of the molecule is COc1ccc(Cl)c(/C(O)=C2\C(=O)C(=O)N(c3ccccc3C)C2c2cccc(Oc3ccccc3)c2)c1. The predicted molar refractivity (Wildman–Crippen MR) is 147 cm³/mol. The summed E-state index contributed by atoms with van der Waals surface area (Å²) < 4.78 is 11.3. The van der Waals surface area contributed by atoms with Crippen molar-refractivity contribution in [3.63, 3.8) is 0 Å². The molecule has 1 N–H and O–H groups in total. The van der Waals surface area contributed by atoms with Crippen LogP contribution in [-0.2, 0) is 9.59 Å². The van der Waals surface area contributed by atoms with Crippen LogP contribution < -0.4 is 14.4 Å². The number of para-hydroxylation sites is 2. The summed E-state index contributed by atoms with van der Waals surface area (Å²) in [6.45, 7) is 1.86. The number of methoxy groups -OCH3 is 1. The first-order valence-corrected chi connectivity index (χ1v) is 12.3. The molecule has 0 aromatic heterocycles. The van der Waals surface area contributed by atoms with E-state index in [2.05, 4.69) is 0 Å². The van der Waals surface area contributed by atoms with E-state index in [0.717, 1.165) is 5.56 Å². The maximum absolute atomic E-state index is 13.5. The molecule has 5 rings (SSSR count). The fourth-order valence-corrected chi connectivity index (χ4v) is 4.77. The molecule has 38 heavy (non-hydrogen) atoms. The number of Topliss-reactive ketones (excluding diaryl/α,β-unsaturated/α-hetero) is 1. The number of anilines is 1. The molecule has 1 saturated heterocycles. The zero-order valence-corrected chi connectivity index (χ0v) is 21.5. The number of hydrogen-bond acceptors (Lipinski definition) is 5. The third kappa shape index (κ3) is 4.62. The Morgan fingerprint density at radius 2 is 1.55 bits per heavy atom. The van der Waals surface area contributed by atoms with Crippen LogP contribution in [0.4, 0.5) is 5.69 Å². The van der Waals surface area contributed by atoms with Crippen LogP contribution >= 0.6 is 11.6 Å². The predicted octanol–water partition coefficient (Wildman–Crippen LogP) is 7.08. The number of benzene rings is 4. The van der Waals surface area contributed by atoms with Crippen LogP contribution in [0, 0.1) is 6.92 Å². The van der Waals surface area contributed by atoms with E-state index in [4.69, 9.17) is 21.1 Å². The molecule has 190 valence electrons. The van der Waals surface area contributed by atoms with Crippen molar-refractivity contribution in [1.82, 2.24) is 0 Å². The summed E-state index contributed by atoms with van der Waals surface area (Å²) in [5.41, 5.74) is 2.06. The molecule has 0 aliphatic carbocycles. The first-order valence-electron chi connectivity index (χ1n) is 11.9. The maximum atomic E-state index is 13.5. The number of carbonyl (C=O) groups is 2. The topological polar surface area (TPSA) is 76.1 Å². The molecule has 4 aromatic rings. The largest absolute Gasteiger partial charge is 0.507 e. The van der Waals surface area contributed by atoms with Gasteiger partial charge in [0.1, 0.15) is 23.0 Å². The Morgan fingerprint density at radius 3 is 2.29 bits per heavy atom. The van der Waals surface area contributed by atoms with E-state index < -0.39 is 17.7 Å². The van der Waals surface area contributed by atoms with Gasteiger partial charge in [0, 0.05) is 11.3 Å². The number of rotatable bonds is 6. The lowest BCUT2D eigenvalue weighted by atomic mass is 9.94. The molecular weight excluding hydrogens is 502 g/mol. The molecule has 1 amide bonds. The first kappa shape index (κ1) is 25.1. The van der Waals surface area contributed by atoms with E-state index >= 15 is 0 Å². The van der Waals surface area contributed by atoms with Gasteiger partial charge in [-0.3, -0.25) is 14.5 Å². The second-order valence-electron chi connectivity index (χ2n) is 8.79. The van der Waals surface area contributed by atoms with Crippen LogP contribution in [0.5, 0.6) is 17.2 Å². The minimum absolute atomic E-state index is 0.0785. The molecule has 1 aliphatic heterocycles. The van der Waals surface area contributed by atoms with Crippen LogP contribution in [0.25, 0.3) is 5.76 Å². The van der Waals surface area contributed by atoms with Gasteiger partial charge in [-0.15, -0.1) is 0 Å². The Balaban J connectivity index is 1.71. The first-order chi connectivity index (χ1) is 18.4. The van der Waals surface area contributed by atoms with E-state index in [1.165, 1.54) is 18.1 Å². The molecule has 1 fully saturated rings. The van der Waals surface area contributed by atoms with Crippen LogP contribution in [0.1, 0.15) is 22.7 Å². The van der Waals surface area contributed by atoms with Crippen LogP contribution in [-0.4, -0.2) is 23.9 Å². The molecule has 1 unspecified atom stereocenters. The molecule has 0 saturated carbocycles. The average Bonchev–Trinajstić information content (AvgIpc) is 3.19. The molecule has 0 bridgehead atoms. The highest BCUT2D eigenvalue weighted by atomic mass is 35.5. The van der Waals surface area contributed by atoms with Gasteiger partial charge in [0.15, 0.2) is 0 Å². The molecular formula is C31H24ClNO5. The van der Waals surface area contributed by atoms with Crippen molar-refractivity contribution in [2.75, 3.05) is 12.0 Å². The van der Waals surface area contributed by atoms with Crippen molar-refractivity contribution >= 4 is 34.7 Å². The van der Waals surface area contributed by atoms with Crippen LogP contribution in [0.15, 0.2) is 103 Å².